The molecule has 0 spiro atoms. The lowest BCUT2D eigenvalue weighted by atomic mass is 10.0. The fourth-order valence-corrected chi connectivity index (χ4v) is 2.60. The average molecular weight is 293 g/mol. The van der Waals surface area contributed by atoms with Gasteiger partial charge in [0.25, 0.3) is 0 Å². The summed E-state index contributed by atoms with van der Waals surface area (Å²) >= 11 is 0. The zero-order valence-electron chi connectivity index (χ0n) is 12.4. The van der Waals surface area contributed by atoms with Crippen molar-refractivity contribution in [3.05, 3.63) is 24.2 Å². The summed E-state index contributed by atoms with van der Waals surface area (Å²) < 4.78 is 5.22. The number of carbonyl (C=O) groups is 2. The summed E-state index contributed by atoms with van der Waals surface area (Å²) in [6.07, 6.45) is 3.77. The highest BCUT2D eigenvalue weighted by Crippen LogP contribution is 2.16. The maximum absolute atomic E-state index is 12.2. The van der Waals surface area contributed by atoms with Gasteiger partial charge in [-0.15, -0.1) is 0 Å². The second-order valence-corrected chi connectivity index (χ2v) is 5.58. The first-order chi connectivity index (χ1) is 10.1. The van der Waals surface area contributed by atoms with Crippen LogP contribution in [0.25, 0.3) is 0 Å². The van der Waals surface area contributed by atoms with Gasteiger partial charge < -0.3 is 20.4 Å². The summed E-state index contributed by atoms with van der Waals surface area (Å²) in [5.41, 5.74) is 5.95. The fraction of sp³-hybridized carbons (Fsp3) is 0.600. The summed E-state index contributed by atoms with van der Waals surface area (Å²) in [7, 11) is 0. The van der Waals surface area contributed by atoms with Gasteiger partial charge in [-0.2, -0.15) is 0 Å². The van der Waals surface area contributed by atoms with Crippen molar-refractivity contribution in [2.45, 2.75) is 32.2 Å². The molecule has 1 fully saturated rings. The SMILES string of the molecule is CC(=O)N1C[C@@H](N)CC[C@@H](C(=O)NCCc2ccco2)C1. The van der Waals surface area contributed by atoms with Crippen LogP contribution >= 0.6 is 0 Å². The van der Waals surface area contributed by atoms with E-state index < -0.39 is 0 Å². The molecule has 3 N–H and O–H groups in total. The molecule has 1 aromatic heterocycles. The second-order valence-electron chi connectivity index (χ2n) is 5.58. The van der Waals surface area contributed by atoms with Crippen molar-refractivity contribution in [3.8, 4) is 0 Å². The first kappa shape index (κ1) is 15.6. The van der Waals surface area contributed by atoms with Crippen LogP contribution in [-0.2, 0) is 16.0 Å². The van der Waals surface area contributed by atoms with Gasteiger partial charge in [0, 0.05) is 39.0 Å². The van der Waals surface area contributed by atoms with E-state index in [0.717, 1.165) is 18.6 Å². The highest BCUT2D eigenvalue weighted by molar-refractivity contribution is 5.80. The molecule has 1 aliphatic rings. The zero-order valence-corrected chi connectivity index (χ0v) is 12.4. The van der Waals surface area contributed by atoms with E-state index in [4.69, 9.17) is 10.2 Å². The predicted molar refractivity (Wildman–Crippen MR) is 78.4 cm³/mol. The summed E-state index contributed by atoms with van der Waals surface area (Å²) in [5, 5.41) is 2.92. The molecule has 0 bridgehead atoms. The molecular formula is C15H23N3O3. The van der Waals surface area contributed by atoms with Crippen LogP contribution in [0.5, 0.6) is 0 Å². The van der Waals surface area contributed by atoms with Crippen LogP contribution in [0.4, 0.5) is 0 Å². The standard InChI is InChI=1S/C15H23N3O3/c1-11(19)18-9-12(4-5-13(16)10-18)15(20)17-7-6-14-3-2-8-21-14/h2-3,8,12-13H,4-7,9-10,16H2,1H3,(H,17,20)/t12-,13+/m1/s1. The topological polar surface area (TPSA) is 88.6 Å². The van der Waals surface area contributed by atoms with Crippen molar-refractivity contribution in [2.24, 2.45) is 11.7 Å². The van der Waals surface area contributed by atoms with E-state index >= 15 is 0 Å². The lowest BCUT2D eigenvalue weighted by Gasteiger charge is -2.23. The van der Waals surface area contributed by atoms with Crippen LogP contribution in [0.2, 0.25) is 0 Å². The number of likely N-dealkylation sites (tertiary alicyclic amines) is 1. The van der Waals surface area contributed by atoms with Gasteiger partial charge >= 0.3 is 0 Å². The van der Waals surface area contributed by atoms with Crippen molar-refractivity contribution in [3.63, 3.8) is 0 Å². The Morgan fingerprint density at radius 1 is 1.43 bits per heavy atom. The molecule has 116 valence electrons. The van der Waals surface area contributed by atoms with Crippen molar-refractivity contribution in [1.29, 1.82) is 0 Å². The monoisotopic (exact) mass is 293 g/mol. The van der Waals surface area contributed by atoms with Crippen LogP contribution in [0.15, 0.2) is 22.8 Å². The molecule has 1 aliphatic heterocycles. The Kier molecular flexibility index (Phi) is 5.38. The Balaban J connectivity index is 1.83. The first-order valence-electron chi connectivity index (χ1n) is 7.37. The third-order valence-electron chi connectivity index (χ3n) is 3.85. The molecule has 1 aromatic rings. The van der Waals surface area contributed by atoms with Gasteiger partial charge in [-0.3, -0.25) is 9.59 Å². The number of nitrogens with two attached hydrogens (primary N) is 1. The molecular weight excluding hydrogens is 270 g/mol. The number of nitrogens with zero attached hydrogens (tertiary/aromatic N) is 1. The molecule has 6 nitrogen and oxygen atoms in total. The van der Waals surface area contributed by atoms with E-state index in [9.17, 15) is 9.59 Å². The molecule has 1 saturated heterocycles. The minimum atomic E-state index is -0.181. The van der Waals surface area contributed by atoms with E-state index in [1.807, 2.05) is 12.1 Å². The molecule has 21 heavy (non-hydrogen) atoms. The van der Waals surface area contributed by atoms with Crippen LogP contribution in [0, 0.1) is 5.92 Å². The van der Waals surface area contributed by atoms with Gasteiger partial charge in [0.05, 0.1) is 12.2 Å². The Morgan fingerprint density at radius 3 is 2.90 bits per heavy atom. The predicted octanol–water partition coefficient (Wildman–Crippen LogP) is 0.524. The smallest absolute Gasteiger partial charge is 0.224 e. The van der Waals surface area contributed by atoms with Gasteiger partial charge in [0.15, 0.2) is 0 Å². The van der Waals surface area contributed by atoms with E-state index in [0.29, 0.717) is 26.1 Å². The first-order valence-corrected chi connectivity index (χ1v) is 7.37. The largest absolute Gasteiger partial charge is 0.469 e. The van der Waals surface area contributed by atoms with Crippen molar-refractivity contribution in [2.75, 3.05) is 19.6 Å². The van der Waals surface area contributed by atoms with Crippen molar-refractivity contribution in [1.82, 2.24) is 10.2 Å². The highest BCUT2D eigenvalue weighted by Gasteiger charge is 2.28. The van der Waals surface area contributed by atoms with Gasteiger partial charge in [-0.1, -0.05) is 0 Å². The number of carbonyl (C=O) groups excluding carboxylic acids is 2. The minimum absolute atomic E-state index is 0.0121. The molecule has 2 atom stereocenters. The van der Waals surface area contributed by atoms with Gasteiger partial charge in [-0.25, -0.2) is 0 Å². The normalized spacial score (nSPS) is 22.7. The molecule has 2 heterocycles. The van der Waals surface area contributed by atoms with E-state index in [1.165, 1.54) is 6.92 Å². The Hall–Kier alpha value is -1.82. The van der Waals surface area contributed by atoms with Gasteiger partial charge in [-0.05, 0) is 25.0 Å². The van der Waals surface area contributed by atoms with Crippen molar-refractivity contribution < 1.29 is 14.0 Å². The molecule has 2 amide bonds. The van der Waals surface area contributed by atoms with Gasteiger partial charge in [0.1, 0.15) is 5.76 Å². The van der Waals surface area contributed by atoms with Crippen LogP contribution < -0.4 is 11.1 Å². The molecule has 2 rings (SSSR count). The quantitative estimate of drug-likeness (QED) is 0.847. The van der Waals surface area contributed by atoms with Crippen LogP contribution in [0.1, 0.15) is 25.5 Å². The maximum atomic E-state index is 12.2. The Bertz CT molecular complexity index is 473. The Morgan fingerprint density at radius 2 is 2.24 bits per heavy atom. The third kappa shape index (κ3) is 4.60. The average Bonchev–Trinajstić information content (AvgIpc) is 2.86. The zero-order chi connectivity index (χ0) is 15.2. The molecule has 0 unspecified atom stereocenters. The third-order valence-corrected chi connectivity index (χ3v) is 3.85. The number of hydrogen-bond acceptors (Lipinski definition) is 4. The number of nitrogens with one attached hydrogen (secondary N) is 1. The molecule has 0 aliphatic carbocycles. The van der Waals surface area contributed by atoms with Crippen LogP contribution in [0.3, 0.4) is 0 Å². The number of amides is 2. The summed E-state index contributed by atoms with van der Waals surface area (Å²) in [6, 6.07) is 3.66. The molecule has 6 heteroatoms. The molecule has 0 radical (unpaired) electrons. The number of furan rings is 1. The summed E-state index contributed by atoms with van der Waals surface area (Å²) in [6.45, 7) is 3.04. The molecule has 0 saturated carbocycles. The summed E-state index contributed by atoms with van der Waals surface area (Å²) in [4.78, 5) is 25.5. The van der Waals surface area contributed by atoms with E-state index in [1.54, 1.807) is 11.2 Å². The van der Waals surface area contributed by atoms with Crippen molar-refractivity contribution >= 4 is 11.8 Å². The number of rotatable bonds is 4. The minimum Gasteiger partial charge on any atom is -0.469 e. The van der Waals surface area contributed by atoms with E-state index in [-0.39, 0.29) is 23.8 Å². The fourth-order valence-electron chi connectivity index (χ4n) is 2.60. The highest BCUT2D eigenvalue weighted by atomic mass is 16.3. The van der Waals surface area contributed by atoms with Crippen LogP contribution in [-0.4, -0.2) is 42.4 Å². The number of hydrogen-bond donors (Lipinski definition) is 2. The maximum Gasteiger partial charge on any atom is 0.224 e. The second kappa shape index (κ2) is 7.26. The summed E-state index contributed by atoms with van der Waals surface area (Å²) in [5.74, 6) is 0.630. The Labute approximate surface area is 124 Å². The molecule has 0 aromatic carbocycles. The lowest BCUT2D eigenvalue weighted by molar-refractivity contribution is -0.131. The van der Waals surface area contributed by atoms with Gasteiger partial charge in [0.2, 0.25) is 11.8 Å². The van der Waals surface area contributed by atoms with E-state index in [2.05, 4.69) is 5.32 Å². The lowest BCUT2D eigenvalue weighted by Crippen LogP contribution is -2.42.